The van der Waals surface area contributed by atoms with Crippen molar-refractivity contribution >= 4 is 26.7 Å². The van der Waals surface area contributed by atoms with Gasteiger partial charge in [-0.25, -0.2) is 0 Å². The fraction of sp³-hybridized carbons (Fsp3) is 0.571. The van der Waals surface area contributed by atoms with E-state index in [0.717, 1.165) is 35.2 Å². The summed E-state index contributed by atoms with van der Waals surface area (Å²) in [4.78, 5) is 0. The molecular formula is C14H20BrNOS. The molecule has 2 rings (SSSR count). The highest BCUT2D eigenvalue weighted by Crippen LogP contribution is 2.23. The largest absolute Gasteiger partial charge is 0.307 e. The molecule has 1 unspecified atom stereocenters. The number of halogens is 1. The topological polar surface area (TPSA) is 29.1 Å². The van der Waals surface area contributed by atoms with Crippen molar-refractivity contribution in [3.63, 3.8) is 0 Å². The van der Waals surface area contributed by atoms with Gasteiger partial charge in [0.15, 0.2) is 0 Å². The van der Waals surface area contributed by atoms with Crippen molar-refractivity contribution in [3.05, 3.63) is 34.3 Å². The summed E-state index contributed by atoms with van der Waals surface area (Å²) in [5.41, 5.74) is 1.33. The molecular weight excluding hydrogens is 310 g/mol. The van der Waals surface area contributed by atoms with Crippen molar-refractivity contribution in [1.82, 2.24) is 5.32 Å². The fourth-order valence-corrected chi connectivity index (χ4v) is 4.13. The first kappa shape index (κ1) is 14.2. The van der Waals surface area contributed by atoms with E-state index < -0.39 is 10.8 Å². The molecule has 1 aromatic rings. The van der Waals surface area contributed by atoms with Gasteiger partial charge in [0.05, 0.1) is 0 Å². The molecule has 1 N–H and O–H groups in total. The summed E-state index contributed by atoms with van der Waals surface area (Å²) >= 11 is 3.52. The van der Waals surface area contributed by atoms with E-state index in [-0.39, 0.29) is 0 Å². The second kappa shape index (κ2) is 6.83. The SMILES string of the molecule is CCC(NC1CCS(=O)CC1)c1cccc(Br)c1. The molecule has 0 saturated carbocycles. The van der Waals surface area contributed by atoms with Gasteiger partial charge in [0.2, 0.25) is 0 Å². The van der Waals surface area contributed by atoms with E-state index in [1.807, 2.05) is 0 Å². The van der Waals surface area contributed by atoms with Crippen molar-refractivity contribution in [2.24, 2.45) is 0 Å². The lowest BCUT2D eigenvalue weighted by Gasteiger charge is -2.28. The first-order valence-electron chi connectivity index (χ1n) is 6.55. The van der Waals surface area contributed by atoms with Gasteiger partial charge in [-0.15, -0.1) is 0 Å². The summed E-state index contributed by atoms with van der Waals surface area (Å²) < 4.78 is 12.5. The van der Waals surface area contributed by atoms with Crippen LogP contribution in [-0.2, 0) is 10.8 Å². The van der Waals surface area contributed by atoms with E-state index in [1.54, 1.807) is 0 Å². The molecule has 0 amide bonds. The van der Waals surface area contributed by atoms with Crippen LogP contribution >= 0.6 is 15.9 Å². The molecule has 0 aliphatic carbocycles. The zero-order chi connectivity index (χ0) is 13.0. The predicted molar refractivity (Wildman–Crippen MR) is 81.2 cm³/mol. The van der Waals surface area contributed by atoms with Crippen LogP contribution in [0.15, 0.2) is 28.7 Å². The monoisotopic (exact) mass is 329 g/mol. The lowest BCUT2D eigenvalue weighted by molar-refractivity contribution is 0.402. The van der Waals surface area contributed by atoms with Gasteiger partial charge in [-0.3, -0.25) is 4.21 Å². The standard InChI is InChI=1S/C14H20BrNOS/c1-2-14(11-4-3-5-12(15)10-11)16-13-6-8-18(17)9-7-13/h3-5,10,13-14,16H,2,6-9H2,1H3. The molecule has 100 valence electrons. The number of hydrogen-bond donors (Lipinski definition) is 1. The second-order valence-electron chi connectivity index (χ2n) is 4.80. The maximum Gasteiger partial charge on any atom is 0.0320 e. The van der Waals surface area contributed by atoms with Crippen LogP contribution in [0.1, 0.15) is 37.8 Å². The minimum Gasteiger partial charge on any atom is -0.307 e. The minimum absolute atomic E-state index is 0.402. The third-order valence-corrected chi connectivity index (χ3v) is 5.36. The third-order valence-electron chi connectivity index (χ3n) is 3.48. The van der Waals surface area contributed by atoms with Gasteiger partial charge >= 0.3 is 0 Å². The maximum atomic E-state index is 11.4. The average Bonchev–Trinajstić information content (AvgIpc) is 2.38. The summed E-state index contributed by atoms with van der Waals surface area (Å²) in [7, 11) is -0.573. The van der Waals surface area contributed by atoms with E-state index in [9.17, 15) is 4.21 Å². The van der Waals surface area contributed by atoms with Crippen LogP contribution < -0.4 is 5.32 Å². The van der Waals surface area contributed by atoms with Crippen LogP contribution in [0.25, 0.3) is 0 Å². The Morgan fingerprint density at radius 3 is 2.78 bits per heavy atom. The normalized spacial score (nSPS) is 25.9. The van der Waals surface area contributed by atoms with Gasteiger partial charge in [-0.05, 0) is 37.0 Å². The highest BCUT2D eigenvalue weighted by atomic mass is 79.9. The van der Waals surface area contributed by atoms with Gasteiger partial charge in [-0.2, -0.15) is 0 Å². The Morgan fingerprint density at radius 2 is 2.17 bits per heavy atom. The summed E-state index contributed by atoms with van der Waals surface area (Å²) in [5.74, 6) is 1.71. The van der Waals surface area contributed by atoms with Gasteiger partial charge < -0.3 is 5.32 Å². The van der Waals surface area contributed by atoms with E-state index in [2.05, 4.69) is 52.4 Å². The molecule has 18 heavy (non-hydrogen) atoms. The van der Waals surface area contributed by atoms with E-state index in [0.29, 0.717) is 12.1 Å². The van der Waals surface area contributed by atoms with Crippen molar-refractivity contribution in [2.75, 3.05) is 11.5 Å². The van der Waals surface area contributed by atoms with E-state index >= 15 is 0 Å². The molecule has 1 saturated heterocycles. The Labute approximate surface area is 120 Å². The first-order chi connectivity index (χ1) is 8.69. The molecule has 0 aromatic heterocycles. The number of rotatable bonds is 4. The minimum atomic E-state index is -0.573. The molecule has 1 atom stereocenters. The van der Waals surface area contributed by atoms with E-state index in [4.69, 9.17) is 0 Å². The Balaban J connectivity index is 1.99. The molecule has 1 heterocycles. The summed E-state index contributed by atoms with van der Waals surface area (Å²) in [6.07, 6.45) is 3.16. The van der Waals surface area contributed by atoms with Crippen molar-refractivity contribution in [3.8, 4) is 0 Å². The average molecular weight is 330 g/mol. The fourth-order valence-electron chi connectivity index (χ4n) is 2.42. The Bertz CT molecular complexity index is 414. The van der Waals surface area contributed by atoms with Crippen LogP contribution in [0.4, 0.5) is 0 Å². The number of hydrogen-bond acceptors (Lipinski definition) is 2. The molecule has 1 aromatic carbocycles. The molecule has 1 fully saturated rings. The van der Waals surface area contributed by atoms with Crippen LogP contribution in [0, 0.1) is 0 Å². The van der Waals surface area contributed by atoms with Crippen LogP contribution in [0.5, 0.6) is 0 Å². The molecule has 4 heteroatoms. The van der Waals surface area contributed by atoms with Crippen LogP contribution in [-0.4, -0.2) is 21.8 Å². The first-order valence-corrected chi connectivity index (χ1v) is 8.83. The van der Waals surface area contributed by atoms with Crippen molar-refractivity contribution in [2.45, 2.75) is 38.3 Å². The predicted octanol–water partition coefficient (Wildman–Crippen LogP) is 3.40. The maximum absolute atomic E-state index is 11.4. The highest BCUT2D eigenvalue weighted by molar-refractivity contribution is 9.10. The second-order valence-corrected chi connectivity index (χ2v) is 7.42. The van der Waals surface area contributed by atoms with Crippen LogP contribution in [0.2, 0.25) is 0 Å². The Kier molecular flexibility index (Phi) is 5.39. The zero-order valence-electron chi connectivity index (χ0n) is 10.7. The molecule has 0 spiro atoms. The van der Waals surface area contributed by atoms with Crippen molar-refractivity contribution < 1.29 is 4.21 Å². The molecule has 0 bridgehead atoms. The zero-order valence-corrected chi connectivity index (χ0v) is 13.1. The van der Waals surface area contributed by atoms with Gasteiger partial charge in [-0.1, -0.05) is 35.0 Å². The molecule has 1 aliphatic rings. The van der Waals surface area contributed by atoms with Gasteiger partial charge in [0, 0.05) is 38.9 Å². The summed E-state index contributed by atoms with van der Waals surface area (Å²) in [6, 6.07) is 9.42. The van der Waals surface area contributed by atoms with Gasteiger partial charge in [0.1, 0.15) is 0 Å². The quantitative estimate of drug-likeness (QED) is 0.917. The lowest BCUT2D eigenvalue weighted by atomic mass is 10.0. The molecule has 0 radical (unpaired) electrons. The Morgan fingerprint density at radius 1 is 1.44 bits per heavy atom. The Hall–Kier alpha value is -0.190. The van der Waals surface area contributed by atoms with Crippen molar-refractivity contribution in [1.29, 1.82) is 0 Å². The summed E-state index contributed by atoms with van der Waals surface area (Å²) in [6.45, 7) is 2.21. The molecule has 2 nitrogen and oxygen atoms in total. The number of benzene rings is 1. The molecule has 1 aliphatic heterocycles. The third kappa shape index (κ3) is 3.90. The van der Waals surface area contributed by atoms with Gasteiger partial charge in [0.25, 0.3) is 0 Å². The lowest BCUT2D eigenvalue weighted by Crippen LogP contribution is -2.37. The smallest absolute Gasteiger partial charge is 0.0320 e. The highest BCUT2D eigenvalue weighted by Gasteiger charge is 2.20. The summed E-state index contributed by atoms with van der Waals surface area (Å²) in [5, 5.41) is 3.71. The van der Waals surface area contributed by atoms with E-state index in [1.165, 1.54) is 5.56 Å². The number of nitrogens with one attached hydrogen (secondary N) is 1. The van der Waals surface area contributed by atoms with Crippen LogP contribution in [0.3, 0.4) is 0 Å².